The van der Waals surface area contributed by atoms with E-state index < -0.39 is 24.0 Å². The average Bonchev–Trinajstić information content (AvgIpc) is 2.70. The van der Waals surface area contributed by atoms with Crippen molar-refractivity contribution in [2.24, 2.45) is 5.92 Å². The summed E-state index contributed by atoms with van der Waals surface area (Å²) in [4.78, 5) is 34.6. The predicted octanol–water partition coefficient (Wildman–Crippen LogP) is 0.356. The SMILES string of the molecule is CC1CCN(C(=O)NC(CCC(=O)O)C(=O)O)C1. The molecule has 0 radical (unpaired) electrons. The Morgan fingerprint density at radius 2 is 2.06 bits per heavy atom. The van der Waals surface area contributed by atoms with E-state index in [9.17, 15) is 14.4 Å². The Bertz CT molecular complexity index is 344. The topological polar surface area (TPSA) is 107 Å². The van der Waals surface area contributed by atoms with Crippen molar-refractivity contribution in [2.45, 2.75) is 32.2 Å². The van der Waals surface area contributed by atoms with Crippen molar-refractivity contribution in [2.75, 3.05) is 13.1 Å². The lowest BCUT2D eigenvalue weighted by molar-refractivity contribution is -0.140. The molecule has 1 heterocycles. The van der Waals surface area contributed by atoms with Crippen LogP contribution >= 0.6 is 0 Å². The van der Waals surface area contributed by atoms with Gasteiger partial charge in [-0.2, -0.15) is 0 Å². The Morgan fingerprint density at radius 1 is 1.39 bits per heavy atom. The van der Waals surface area contributed by atoms with Crippen LogP contribution in [0.25, 0.3) is 0 Å². The maximum Gasteiger partial charge on any atom is 0.326 e. The number of aliphatic carboxylic acids is 2. The van der Waals surface area contributed by atoms with E-state index in [-0.39, 0.29) is 12.8 Å². The highest BCUT2D eigenvalue weighted by Crippen LogP contribution is 2.15. The summed E-state index contributed by atoms with van der Waals surface area (Å²) in [5.74, 6) is -1.87. The van der Waals surface area contributed by atoms with Gasteiger partial charge in [0.1, 0.15) is 6.04 Å². The Balaban J connectivity index is 2.47. The minimum atomic E-state index is -1.21. The van der Waals surface area contributed by atoms with Gasteiger partial charge in [0.05, 0.1) is 0 Å². The van der Waals surface area contributed by atoms with Gasteiger partial charge in [-0.1, -0.05) is 6.92 Å². The molecule has 1 aliphatic rings. The first kappa shape index (κ1) is 14.3. The highest BCUT2D eigenvalue weighted by Gasteiger charge is 2.27. The molecule has 0 aliphatic carbocycles. The molecule has 102 valence electrons. The van der Waals surface area contributed by atoms with Crippen LogP contribution in [0.3, 0.4) is 0 Å². The zero-order chi connectivity index (χ0) is 13.7. The molecule has 3 N–H and O–H groups in total. The van der Waals surface area contributed by atoms with Gasteiger partial charge in [-0.25, -0.2) is 9.59 Å². The summed E-state index contributed by atoms with van der Waals surface area (Å²) < 4.78 is 0. The first-order chi connectivity index (χ1) is 8.40. The fraction of sp³-hybridized carbons (Fsp3) is 0.727. The van der Waals surface area contributed by atoms with Crippen molar-refractivity contribution in [3.63, 3.8) is 0 Å². The summed E-state index contributed by atoms with van der Waals surface area (Å²) in [5, 5.41) is 19.8. The van der Waals surface area contributed by atoms with Crippen LogP contribution in [-0.2, 0) is 9.59 Å². The Kier molecular flexibility index (Phi) is 4.94. The van der Waals surface area contributed by atoms with E-state index in [1.807, 2.05) is 6.92 Å². The third-order valence-electron chi connectivity index (χ3n) is 2.95. The number of hydrogen-bond acceptors (Lipinski definition) is 3. The molecule has 0 saturated carbocycles. The molecule has 18 heavy (non-hydrogen) atoms. The lowest BCUT2D eigenvalue weighted by atomic mass is 10.1. The van der Waals surface area contributed by atoms with Crippen LogP contribution in [0, 0.1) is 5.92 Å². The number of amides is 2. The zero-order valence-electron chi connectivity index (χ0n) is 10.3. The Morgan fingerprint density at radius 3 is 2.50 bits per heavy atom. The number of rotatable bonds is 5. The van der Waals surface area contributed by atoms with Gasteiger partial charge in [0.2, 0.25) is 0 Å². The van der Waals surface area contributed by atoms with Gasteiger partial charge in [0, 0.05) is 19.5 Å². The molecule has 0 aromatic rings. The molecule has 2 atom stereocenters. The molecule has 0 aromatic carbocycles. The van der Waals surface area contributed by atoms with Gasteiger partial charge in [-0.15, -0.1) is 0 Å². The first-order valence-electron chi connectivity index (χ1n) is 5.90. The maximum absolute atomic E-state index is 11.8. The summed E-state index contributed by atoms with van der Waals surface area (Å²) in [6, 6.07) is -1.58. The number of hydrogen-bond donors (Lipinski definition) is 3. The molecule has 7 heteroatoms. The van der Waals surface area contributed by atoms with Crippen LogP contribution < -0.4 is 5.32 Å². The lowest BCUT2D eigenvalue weighted by Crippen LogP contribution is -2.47. The van der Waals surface area contributed by atoms with Gasteiger partial charge >= 0.3 is 18.0 Å². The maximum atomic E-state index is 11.8. The second-order valence-electron chi connectivity index (χ2n) is 4.61. The summed E-state index contributed by atoms with van der Waals surface area (Å²) in [6.07, 6.45) is 0.508. The van der Waals surface area contributed by atoms with Crippen molar-refractivity contribution < 1.29 is 24.6 Å². The van der Waals surface area contributed by atoms with Crippen LogP contribution in [-0.4, -0.2) is 52.2 Å². The van der Waals surface area contributed by atoms with E-state index in [4.69, 9.17) is 10.2 Å². The zero-order valence-corrected chi connectivity index (χ0v) is 10.3. The normalized spacial score (nSPS) is 20.5. The minimum absolute atomic E-state index is 0.111. The van der Waals surface area contributed by atoms with Crippen molar-refractivity contribution in [3.05, 3.63) is 0 Å². The second kappa shape index (κ2) is 6.23. The first-order valence-corrected chi connectivity index (χ1v) is 5.90. The highest BCUT2D eigenvalue weighted by molar-refractivity contribution is 5.83. The van der Waals surface area contributed by atoms with Crippen LogP contribution in [0.1, 0.15) is 26.2 Å². The number of carbonyl (C=O) groups is 3. The highest BCUT2D eigenvalue weighted by atomic mass is 16.4. The fourth-order valence-corrected chi connectivity index (χ4v) is 1.89. The quantitative estimate of drug-likeness (QED) is 0.659. The molecule has 0 spiro atoms. The summed E-state index contributed by atoms with van der Waals surface area (Å²) in [7, 11) is 0. The molecular formula is C11H18N2O5. The number of carboxylic acids is 2. The molecule has 0 aromatic heterocycles. The van der Waals surface area contributed by atoms with Crippen molar-refractivity contribution >= 4 is 18.0 Å². The van der Waals surface area contributed by atoms with E-state index in [0.717, 1.165) is 6.42 Å². The molecule has 1 fully saturated rings. The molecule has 1 rings (SSSR count). The number of carbonyl (C=O) groups excluding carboxylic acids is 1. The molecule has 2 unspecified atom stereocenters. The van der Waals surface area contributed by atoms with Crippen LogP contribution in [0.2, 0.25) is 0 Å². The molecule has 0 bridgehead atoms. The van der Waals surface area contributed by atoms with E-state index in [0.29, 0.717) is 19.0 Å². The number of nitrogens with zero attached hydrogens (tertiary/aromatic N) is 1. The lowest BCUT2D eigenvalue weighted by Gasteiger charge is -2.20. The summed E-state index contributed by atoms with van der Waals surface area (Å²) >= 11 is 0. The van der Waals surface area contributed by atoms with Crippen LogP contribution in [0.5, 0.6) is 0 Å². The number of likely N-dealkylation sites (tertiary alicyclic amines) is 1. The molecule has 1 aliphatic heterocycles. The third-order valence-corrected chi connectivity index (χ3v) is 2.95. The van der Waals surface area contributed by atoms with E-state index in [1.165, 1.54) is 0 Å². The van der Waals surface area contributed by atoms with E-state index in [1.54, 1.807) is 4.90 Å². The summed E-state index contributed by atoms with van der Waals surface area (Å²) in [5.41, 5.74) is 0. The number of urea groups is 1. The van der Waals surface area contributed by atoms with E-state index >= 15 is 0 Å². The van der Waals surface area contributed by atoms with Crippen molar-refractivity contribution in [1.29, 1.82) is 0 Å². The van der Waals surface area contributed by atoms with Gasteiger partial charge in [-0.05, 0) is 18.8 Å². The van der Waals surface area contributed by atoms with E-state index in [2.05, 4.69) is 5.32 Å². The molecular weight excluding hydrogens is 240 g/mol. The monoisotopic (exact) mass is 258 g/mol. The predicted molar refractivity (Wildman–Crippen MR) is 62.2 cm³/mol. The smallest absolute Gasteiger partial charge is 0.326 e. The molecule has 7 nitrogen and oxygen atoms in total. The largest absolute Gasteiger partial charge is 0.481 e. The van der Waals surface area contributed by atoms with Gasteiger partial charge in [0.25, 0.3) is 0 Å². The van der Waals surface area contributed by atoms with Gasteiger partial charge < -0.3 is 20.4 Å². The third kappa shape index (κ3) is 4.23. The molecule has 1 saturated heterocycles. The van der Waals surface area contributed by atoms with Crippen LogP contribution in [0.4, 0.5) is 4.79 Å². The minimum Gasteiger partial charge on any atom is -0.481 e. The average molecular weight is 258 g/mol. The fourth-order valence-electron chi connectivity index (χ4n) is 1.89. The van der Waals surface area contributed by atoms with Crippen molar-refractivity contribution in [3.8, 4) is 0 Å². The van der Waals surface area contributed by atoms with Crippen LogP contribution in [0.15, 0.2) is 0 Å². The number of carboxylic acid groups (broad SMARTS) is 2. The Labute approximate surface area is 105 Å². The second-order valence-corrected chi connectivity index (χ2v) is 4.61. The summed E-state index contributed by atoms with van der Waals surface area (Å²) in [6.45, 7) is 3.24. The Hall–Kier alpha value is -1.79. The van der Waals surface area contributed by atoms with Gasteiger partial charge in [-0.3, -0.25) is 4.79 Å². The standard InChI is InChI=1S/C11H18N2O5/c1-7-4-5-13(6-7)11(18)12-8(10(16)17)2-3-9(14)15/h7-8H,2-6H2,1H3,(H,12,18)(H,14,15)(H,16,17). The van der Waals surface area contributed by atoms with Gasteiger partial charge in [0.15, 0.2) is 0 Å². The van der Waals surface area contributed by atoms with Crippen molar-refractivity contribution in [1.82, 2.24) is 10.2 Å². The molecule has 2 amide bonds. The number of nitrogens with one attached hydrogen (secondary N) is 1.